The van der Waals surface area contributed by atoms with Crippen molar-refractivity contribution < 1.29 is 8.78 Å². The minimum atomic E-state index is -0.574. The van der Waals surface area contributed by atoms with Crippen LogP contribution in [0.4, 0.5) is 20.2 Å². The number of nitriles is 2. The number of aryl methyl sites for hydroxylation is 2. The van der Waals surface area contributed by atoms with Crippen molar-refractivity contribution in [3.8, 4) is 23.5 Å². The fourth-order valence-electron chi connectivity index (χ4n) is 4.87. The van der Waals surface area contributed by atoms with Crippen LogP contribution in [0, 0.1) is 48.1 Å². The molecule has 6 rings (SSSR count). The number of hydrogen-bond acceptors (Lipinski definition) is 8. The summed E-state index contributed by atoms with van der Waals surface area (Å²) in [6.07, 6.45) is 0. The molecule has 13 heteroatoms. The monoisotopic (exact) mass is 592 g/mol. The van der Waals surface area contributed by atoms with Gasteiger partial charge in [-0.1, -0.05) is 0 Å². The molecular formula is C26H23BrF2N10. The lowest BCUT2D eigenvalue weighted by Gasteiger charge is -2.34. The highest BCUT2D eigenvalue weighted by molar-refractivity contribution is 9.10. The second-order valence-corrected chi connectivity index (χ2v) is 11.1. The van der Waals surface area contributed by atoms with E-state index in [9.17, 15) is 19.3 Å². The topological polar surface area (TPSA) is 133 Å². The third-order valence-corrected chi connectivity index (χ3v) is 7.28. The lowest BCUT2D eigenvalue weighted by Crippen LogP contribution is -2.37. The number of anilines is 2. The van der Waals surface area contributed by atoms with Crippen molar-refractivity contribution in [2.24, 2.45) is 0 Å². The van der Waals surface area contributed by atoms with Gasteiger partial charge in [-0.25, -0.2) is 8.78 Å². The molecule has 0 atom stereocenters. The first-order valence-corrected chi connectivity index (χ1v) is 12.7. The smallest absolute Gasteiger partial charge is 0.162 e. The highest BCUT2D eigenvalue weighted by atomic mass is 79.9. The van der Waals surface area contributed by atoms with E-state index in [1.807, 2.05) is 27.7 Å². The molecule has 2 aromatic heterocycles. The number of nitrogens with one attached hydrogen (secondary N) is 2. The molecule has 4 aromatic rings. The van der Waals surface area contributed by atoms with Gasteiger partial charge in [-0.05, 0) is 75.7 Å². The van der Waals surface area contributed by atoms with Crippen LogP contribution in [0.15, 0.2) is 22.7 Å². The van der Waals surface area contributed by atoms with Gasteiger partial charge in [0.15, 0.2) is 11.6 Å². The summed E-state index contributed by atoms with van der Waals surface area (Å²) in [6.45, 7) is 11.1. The fourth-order valence-corrected chi connectivity index (χ4v) is 5.35. The summed E-state index contributed by atoms with van der Waals surface area (Å²) in [5.74, 6) is 1.76. The van der Waals surface area contributed by atoms with Crippen molar-refractivity contribution in [3.63, 3.8) is 0 Å². The van der Waals surface area contributed by atoms with Crippen molar-refractivity contribution in [1.82, 2.24) is 29.5 Å². The summed E-state index contributed by atoms with van der Waals surface area (Å²) in [7, 11) is 0. The Kier molecular flexibility index (Phi) is 5.96. The Bertz CT molecular complexity index is 1750. The van der Waals surface area contributed by atoms with E-state index in [2.05, 4.69) is 59.1 Å². The second-order valence-electron chi connectivity index (χ2n) is 10.3. The maximum atomic E-state index is 14.3. The molecule has 0 saturated carbocycles. The zero-order chi connectivity index (χ0) is 28.4. The number of rotatable bonds is 0. The van der Waals surface area contributed by atoms with Gasteiger partial charge in [0.2, 0.25) is 0 Å². The lowest BCUT2D eigenvalue weighted by molar-refractivity contribution is 0.521. The van der Waals surface area contributed by atoms with E-state index in [4.69, 9.17) is 0 Å². The number of benzene rings is 2. The molecular weight excluding hydrogens is 570 g/mol. The van der Waals surface area contributed by atoms with E-state index in [-0.39, 0.29) is 5.82 Å². The molecule has 0 saturated heterocycles. The molecule has 4 heterocycles. The molecule has 39 heavy (non-hydrogen) atoms. The number of hydrogen-bond donors (Lipinski definition) is 2. The molecule has 0 bridgehead atoms. The average Bonchev–Trinajstić information content (AvgIpc) is 3.45. The molecule has 2 aliphatic rings. The highest BCUT2D eigenvalue weighted by Crippen LogP contribution is 2.42. The Morgan fingerprint density at radius 3 is 1.82 bits per heavy atom. The molecule has 10 nitrogen and oxygen atoms in total. The minimum Gasteiger partial charge on any atom is -0.369 e. The van der Waals surface area contributed by atoms with Gasteiger partial charge in [0.05, 0.1) is 45.0 Å². The summed E-state index contributed by atoms with van der Waals surface area (Å²) in [5, 5.41) is 41.2. The van der Waals surface area contributed by atoms with Gasteiger partial charge < -0.3 is 10.6 Å². The van der Waals surface area contributed by atoms with E-state index in [1.165, 1.54) is 18.2 Å². The van der Waals surface area contributed by atoms with Crippen LogP contribution in [0.1, 0.15) is 62.1 Å². The SMILES string of the molecule is Cc1nnc2n1-c1c(C#N)c(Br)cc(F)c1NC2(C)C.Cc1nnc2n1-c1c(C#N)ccc(F)c1NC2(C)C. The van der Waals surface area contributed by atoms with Crippen molar-refractivity contribution in [2.75, 3.05) is 10.6 Å². The summed E-state index contributed by atoms with van der Waals surface area (Å²) >= 11 is 3.24. The maximum Gasteiger partial charge on any atom is 0.162 e. The third-order valence-electron chi connectivity index (χ3n) is 6.65. The highest BCUT2D eigenvalue weighted by Gasteiger charge is 2.38. The quantitative estimate of drug-likeness (QED) is 0.282. The zero-order valence-electron chi connectivity index (χ0n) is 21.9. The summed E-state index contributed by atoms with van der Waals surface area (Å²) in [6, 6.07) is 8.25. The van der Waals surface area contributed by atoms with Gasteiger partial charge in [0.25, 0.3) is 0 Å². The van der Waals surface area contributed by atoms with Crippen LogP contribution in [-0.2, 0) is 11.1 Å². The maximum absolute atomic E-state index is 14.3. The minimum absolute atomic E-state index is 0.296. The normalized spacial score (nSPS) is 15.1. The van der Waals surface area contributed by atoms with Crippen LogP contribution in [0.25, 0.3) is 11.4 Å². The van der Waals surface area contributed by atoms with Crippen molar-refractivity contribution >= 4 is 27.3 Å². The standard InChI is InChI=1S/C13H11BrFN5.C13H12FN5/c1-6-18-19-12-13(2,3)17-10-9(15)4-8(14)7(5-16)11(10)20(6)12;1-7-17-18-12-13(2,3)16-10-9(14)5-4-8(6-15)11(10)19(7)12/h4,17H,1-3H3;4-5,16H,1-3H3. The summed E-state index contributed by atoms with van der Waals surface area (Å²) in [4.78, 5) is 0. The summed E-state index contributed by atoms with van der Waals surface area (Å²) in [5.41, 5.74) is 1.18. The predicted octanol–water partition coefficient (Wildman–Crippen LogP) is 5.26. The first kappa shape index (κ1) is 26.3. The number of nitrogens with zero attached hydrogens (tertiary/aromatic N) is 8. The van der Waals surface area contributed by atoms with Crippen molar-refractivity contribution in [1.29, 1.82) is 10.5 Å². The van der Waals surface area contributed by atoms with E-state index in [0.717, 1.165) is 0 Å². The molecule has 2 N–H and O–H groups in total. The Balaban J connectivity index is 0.000000158. The van der Waals surface area contributed by atoms with Gasteiger partial charge >= 0.3 is 0 Å². The largest absolute Gasteiger partial charge is 0.369 e. The molecule has 0 amide bonds. The zero-order valence-corrected chi connectivity index (χ0v) is 23.5. The number of halogens is 3. The van der Waals surface area contributed by atoms with Gasteiger partial charge in [-0.2, -0.15) is 10.5 Å². The molecule has 0 fully saturated rings. The number of fused-ring (bicyclic) bond motifs is 6. The lowest BCUT2D eigenvalue weighted by atomic mass is 9.98. The van der Waals surface area contributed by atoms with Crippen LogP contribution in [0.3, 0.4) is 0 Å². The van der Waals surface area contributed by atoms with Crippen molar-refractivity contribution in [2.45, 2.75) is 52.6 Å². The van der Waals surface area contributed by atoms with Crippen LogP contribution >= 0.6 is 15.9 Å². The molecule has 0 aliphatic carbocycles. The van der Waals surface area contributed by atoms with E-state index in [1.54, 1.807) is 23.0 Å². The number of aromatic nitrogens is 6. The molecule has 0 radical (unpaired) electrons. The Morgan fingerprint density at radius 1 is 0.795 bits per heavy atom. The summed E-state index contributed by atoms with van der Waals surface area (Å²) < 4.78 is 32.2. The van der Waals surface area contributed by atoms with Crippen molar-refractivity contribution in [3.05, 3.63) is 68.7 Å². The van der Waals surface area contributed by atoms with E-state index in [0.29, 0.717) is 61.6 Å². The van der Waals surface area contributed by atoms with Gasteiger partial charge in [0.1, 0.15) is 35.4 Å². The Hall–Kier alpha value is -4.36. The average molecular weight is 593 g/mol. The Labute approximate surface area is 231 Å². The first-order chi connectivity index (χ1) is 18.3. The molecule has 0 unspecified atom stereocenters. The molecule has 2 aliphatic heterocycles. The molecule has 198 valence electrons. The third kappa shape index (κ3) is 3.92. The predicted molar refractivity (Wildman–Crippen MR) is 143 cm³/mol. The fraction of sp³-hybridized carbons (Fsp3) is 0.308. The van der Waals surface area contributed by atoms with Crippen LogP contribution in [0.2, 0.25) is 0 Å². The van der Waals surface area contributed by atoms with Gasteiger partial charge in [0, 0.05) is 4.47 Å². The first-order valence-electron chi connectivity index (χ1n) is 11.9. The second kappa shape index (κ2) is 8.85. The molecule has 0 spiro atoms. The van der Waals surface area contributed by atoms with Crippen LogP contribution in [0.5, 0.6) is 0 Å². The Morgan fingerprint density at radius 2 is 1.31 bits per heavy atom. The molecule has 2 aromatic carbocycles. The van der Waals surface area contributed by atoms with E-state index < -0.39 is 16.9 Å². The van der Waals surface area contributed by atoms with Gasteiger partial charge in [-0.15, -0.1) is 20.4 Å². The van der Waals surface area contributed by atoms with E-state index >= 15 is 0 Å². The van der Waals surface area contributed by atoms with Crippen LogP contribution < -0.4 is 10.6 Å². The van der Waals surface area contributed by atoms with Crippen LogP contribution in [-0.4, -0.2) is 29.5 Å². The van der Waals surface area contributed by atoms with Gasteiger partial charge in [-0.3, -0.25) is 9.13 Å².